The smallest absolute Gasteiger partial charge is 0.237 e. The van der Waals surface area contributed by atoms with E-state index in [2.05, 4.69) is 47.4 Å². The Kier molecular flexibility index (Phi) is 5.32. The molecule has 0 bridgehead atoms. The molecule has 25 heavy (non-hydrogen) atoms. The number of anilines is 2. The number of nitriles is 1. The lowest BCUT2D eigenvalue weighted by Gasteiger charge is -2.24. The SMILES string of the molecule is C=CCNc1[nH+]c(NCc2ccccc2)c(C#N)c2c1C[NH+](C)CC2. The normalized spacial score (nSPS) is 15.8. The number of hydrogen-bond acceptors (Lipinski definition) is 3. The molecule has 128 valence electrons. The summed E-state index contributed by atoms with van der Waals surface area (Å²) in [6.45, 7) is 7.11. The first-order valence-corrected chi connectivity index (χ1v) is 8.68. The highest BCUT2D eigenvalue weighted by molar-refractivity contribution is 5.60. The van der Waals surface area contributed by atoms with Crippen LogP contribution < -0.4 is 20.5 Å². The Bertz CT molecular complexity index is 792. The maximum Gasteiger partial charge on any atom is 0.237 e. The van der Waals surface area contributed by atoms with Crippen molar-refractivity contribution in [2.24, 2.45) is 0 Å². The highest BCUT2D eigenvalue weighted by Crippen LogP contribution is 2.25. The van der Waals surface area contributed by atoms with Gasteiger partial charge in [-0.1, -0.05) is 43.0 Å². The fourth-order valence-electron chi connectivity index (χ4n) is 3.28. The summed E-state index contributed by atoms with van der Waals surface area (Å²) in [5.74, 6) is 1.78. The third-order valence-corrected chi connectivity index (χ3v) is 4.60. The van der Waals surface area contributed by atoms with Gasteiger partial charge >= 0.3 is 0 Å². The standard InChI is InChI=1S/C20H23N5/c1-3-10-22-20-18-14-25(2)11-9-16(18)17(12-21)19(24-20)23-13-15-7-5-4-6-8-15/h3-8H,1,9-11,13-14H2,2H3,(H2,22,23,24)/p+2. The van der Waals surface area contributed by atoms with E-state index in [-0.39, 0.29) is 0 Å². The van der Waals surface area contributed by atoms with Crippen LogP contribution in [0.2, 0.25) is 0 Å². The third-order valence-electron chi connectivity index (χ3n) is 4.60. The van der Waals surface area contributed by atoms with Gasteiger partial charge in [-0.3, -0.25) is 0 Å². The summed E-state index contributed by atoms with van der Waals surface area (Å²) in [7, 11) is 2.19. The Hall–Kier alpha value is -2.84. The third kappa shape index (κ3) is 3.81. The van der Waals surface area contributed by atoms with Gasteiger partial charge in [0.2, 0.25) is 11.6 Å². The van der Waals surface area contributed by atoms with Gasteiger partial charge in [0, 0.05) is 6.42 Å². The number of benzene rings is 1. The number of likely N-dealkylation sites (N-methyl/N-ethyl adjacent to an activating group) is 1. The summed E-state index contributed by atoms with van der Waals surface area (Å²) in [6.07, 6.45) is 2.76. The molecule has 1 unspecified atom stereocenters. The number of hydrogen-bond donors (Lipinski definition) is 3. The molecule has 0 spiro atoms. The summed E-state index contributed by atoms with van der Waals surface area (Å²) >= 11 is 0. The maximum atomic E-state index is 9.75. The second-order valence-electron chi connectivity index (χ2n) is 6.46. The minimum atomic E-state index is 0.677. The highest BCUT2D eigenvalue weighted by atomic mass is 15.1. The monoisotopic (exact) mass is 335 g/mol. The van der Waals surface area contributed by atoms with E-state index in [0.29, 0.717) is 13.1 Å². The van der Waals surface area contributed by atoms with E-state index in [0.717, 1.165) is 42.3 Å². The number of pyridine rings is 1. The Morgan fingerprint density at radius 3 is 2.76 bits per heavy atom. The lowest BCUT2D eigenvalue weighted by atomic mass is 9.96. The molecule has 1 aliphatic rings. The Morgan fingerprint density at radius 2 is 2.04 bits per heavy atom. The second kappa shape index (κ2) is 7.82. The van der Waals surface area contributed by atoms with E-state index in [1.165, 1.54) is 16.0 Å². The molecule has 0 radical (unpaired) electrons. The van der Waals surface area contributed by atoms with Crippen LogP contribution in [0, 0.1) is 11.3 Å². The molecule has 1 aromatic carbocycles. The lowest BCUT2D eigenvalue weighted by molar-refractivity contribution is -0.895. The molecule has 4 N–H and O–H groups in total. The van der Waals surface area contributed by atoms with Crippen molar-refractivity contribution in [1.82, 2.24) is 0 Å². The number of nitrogens with one attached hydrogen (secondary N) is 4. The van der Waals surface area contributed by atoms with Crippen molar-refractivity contribution in [2.45, 2.75) is 19.5 Å². The van der Waals surface area contributed by atoms with Crippen molar-refractivity contribution < 1.29 is 9.88 Å². The molecule has 2 heterocycles. The Balaban J connectivity index is 1.96. The van der Waals surface area contributed by atoms with Crippen LogP contribution in [0.25, 0.3) is 0 Å². The van der Waals surface area contributed by atoms with E-state index in [1.807, 2.05) is 24.3 Å². The molecule has 1 aromatic heterocycles. The van der Waals surface area contributed by atoms with Gasteiger partial charge in [0.05, 0.1) is 32.2 Å². The summed E-state index contributed by atoms with van der Waals surface area (Å²) in [5.41, 5.74) is 4.30. The molecule has 0 saturated heterocycles. The predicted octanol–water partition coefficient (Wildman–Crippen LogP) is 1.15. The van der Waals surface area contributed by atoms with Crippen LogP contribution in [0.15, 0.2) is 43.0 Å². The van der Waals surface area contributed by atoms with E-state index in [9.17, 15) is 5.26 Å². The maximum absolute atomic E-state index is 9.75. The number of quaternary nitrogens is 1. The van der Waals surface area contributed by atoms with Gasteiger partial charge in [-0.05, 0) is 11.1 Å². The summed E-state index contributed by atoms with van der Waals surface area (Å²) in [6, 6.07) is 12.6. The van der Waals surface area contributed by atoms with Crippen LogP contribution in [-0.2, 0) is 19.5 Å². The van der Waals surface area contributed by atoms with Gasteiger partial charge in [-0.25, -0.2) is 4.98 Å². The number of nitrogens with zero attached hydrogens (tertiary/aromatic N) is 1. The molecule has 3 rings (SSSR count). The Morgan fingerprint density at radius 1 is 1.24 bits per heavy atom. The van der Waals surface area contributed by atoms with E-state index < -0.39 is 0 Å². The van der Waals surface area contributed by atoms with Crippen molar-refractivity contribution >= 4 is 11.6 Å². The van der Waals surface area contributed by atoms with Crippen LogP contribution in [0.4, 0.5) is 11.6 Å². The summed E-state index contributed by atoms with van der Waals surface area (Å²) < 4.78 is 0. The zero-order chi connectivity index (χ0) is 17.6. The second-order valence-corrected chi connectivity index (χ2v) is 6.46. The van der Waals surface area contributed by atoms with Crippen LogP contribution in [0.5, 0.6) is 0 Å². The molecule has 2 aromatic rings. The molecule has 0 aliphatic carbocycles. The van der Waals surface area contributed by atoms with Crippen molar-refractivity contribution in [1.29, 1.82) is 5.26 Å². The van der Waals surface area contributed by atoms with Crippen LogP contribution >= 0.6 is 0 Å². The van der Waals surface area contributed by atoms with Gasteiger partial charge in [0.1, 0.15) is 18.2 Å². The lowest BCUT2D eigenvalue weighted by Crippen LogP contribution is -3.08. The van der Waals surface area contributed by atoms with Crippen LogP contribution in [0.3, 0.4) is 0 Å². The highest BCUT2D eigenvalue weighted by Gasteiger charge is 2.28. The van der Waals surface area contributed by atoms with Crippen molar-refractivity contribution in [3.05, 3.63) is 65.2 Å². The predicted molar refractivity (Wildman–Crippen MR) is 99.3 cm³/mol. The molecule has 5 nitrogen and oxygen atoms in total. The van der Waals surface area contributed by atoms with E-state index in [4.69, 9.17) is 0 Å². The van der Waals surface area contributed by atoms with E-state index in [1.54, 1.807) is 0 Å². The Labute approximate surface area is 149 Å². The first-order chi connectivity index (χ1) is 12.2. The fourth-order valence-corrected chi connectivity index (χ4v) is 3.28. The average molecular weight is 335 g/mol. The van der Waals surface area contributed by atoms with Crippen molar-refractivity contribution in [3.63, 3.8) is 0 Å². The molecular weight excluding hydrogens is 310 g/mol. The van der Waals surface area contributed by atoms with Crippen LogP contribution in [-0.4, -0.2) is 20.1 Å². The number of fused-ring (bicyclic) bond motifs is 1. The first-order valence-electron chi connectivity index (χ1n) is 8.68. The molecule has 1 atom stereocenters. The van der Waals surface area contributed by atoms with Gasteiger partial charge < -0.3 is 15.5 Å². The number of aromatic amines is 1. The number of H-pyrrole nitrogens is 1. The minimum absolute atomic E-state index is 0.677. The van der Waals surface area contributed by atoms with Crippen LogP contribution in [0.1, 0.15) is 22.3 Å². The largest absolute Gasteiger partial charge is 0.333 e. The molecule has 0 fully saturated rings. The summed E-state index contributed by atoms with van der Waals surface area (Å²) in [4.78, 5) is 4.87. The van der Waals surface area contributed by atoms with Crippen molar-refractivity contribution in [2.75, 3.05) is 30.8 Å². The molecule has 0 amide bonds. The first kappa shape index (κ1) is 17.0. The quantitative estimate of drug-likeness (QED) is 0.694. The zero-order valence-corrected chi connectivity index (χ0v) is 14.7. The fraction of sp³-hybridized carbons (Fsp3) is 0.300. The zero-order valence-electron chi connectivity index (χ0n) is 14.7. The number of aromatic nitrogens is 1. The van der Waals surface area contributed by atoms with Gasteiger partial charge in [-0.2, -0.15) is 5.26 Å². The number of rotatable bonds is 6. The molecule has 1 aliphatic heterocycles. The average Bonchev–Trinajstić information content (AvgIpc) is 2.65. The molecule has 5 heteroatoms. The van der Waals surface area contributed by atoms with E-state index >= 15 is 0 Å². The summed E-state index contributed by atoms with van der Waals surface area (Å²) in [5, 5.41) is 16.6. The minimum Gasteiger partial charge on any atom is -0.333 e. The van der Waals surface area contributed by atoms with Gasteiger partial charge in [-0.15, -0.1) is 0 Å². The van der Waals surface area contributed by atoms with Crippen molar-refractivity contribution in [3.8, 4) is 6.07 Å². The van der Waals surface area contributed by atoms with Gasteiger partial charge in [0.25, 0.3) is 0 Å². The molecule has 0 saturated carbocycles. The molecular formula is C20H25N5+2. The topological polar surface area (TPSA) is 66.4 Å². The van der Waals surface area contributed by atoms with Gasteiger partial charge in [0.15, 0.2) is 0 Å².